The maximum Gasteiger partial charge on any atom is 0.433 e. The van der Waals surface area contributed by atoms with Gasteiger partial charge < -0.3 is 20.2 Å². The third-order valence-electron chi connectivity index (χ3n) is 4.92. The molecule has 11 heteroatoms. The molecule has 4 rings (SSSR count). The first-order valence-corrected chi connectivity index (χ1v) is 10.0. The molecular formula is C24H19ClF3N3O4. The third-order valence-corrected chi connectivity index (χ3v) is 4.92. The highest BCUT2D eigenvalue weighted by molar-refractivity contribution is 6.05. The fourth-order valence-electron chi connectivity index (χ4n) is 3.30. The minimum absolute atomic E-state index is 0. The minimum Gasteiger partial charge on any atom is -0.439 e. The lowest BCUT2D eigenvalue weighted by molar-refractivity contribution is -0.141. The van der Waals surface area contributed by atoms with E-state index in [0.29, 0.717) is 11.3 Å². The van der Waals surface area contributed by atoms with Gasteiger partial charge in [0.05, 0.1) is 0 Å². The normalized spacial score (nSPS) is 11.1. The number of anilines is 1. The quantitative estimate of drug-likeness (QED) is 0.350. The average molecular weight is 506 g/mol. The van der Waals surface area contributed by atoms with Crippen molar-refractivity contribution in [3.63, 3.8) is 0 Å². The van der Waals surface area contributed by atoms with Crippen LogP contribution < -0.4 is 21.4 Å². The van der Waals surface area contributed by atoms with E-state index < -0.39 is 23.4 Å². The first-order valence-electron chi connectivity index (χ1n) is 10.0. The molecule has 0 aliphatic heterocycles. The van der Waals surface area contributed by atoms with Crippen LogP contribution in [0.5, 0.6) is 11.6 Å². The van der Waals surface area contributed by atoms with Crippen LogP contribution in [0.2, 0.25) is 0 Å². The summed E-state index contributed by atoms with van der Waals surface area (Å²) in [7, 11) is 0. The standard InChI is InChI=1S/C24H18F3N3O4.ClH/c1-13-7-22(31)34-19-11-16(5-6-18(13)19)29-23(32)15-3-2-4-17(10-15)33-21-9-14(12-28)8-20(30-21)24(25,26)27;/h2-11H,12,28H2,1H3,(H,29,32);1H. The fraction of sp³-hybridized carbons (Fsp3) is 0.125. The number of amides is 1. The van der Waals surface area contributed by atoms with Crippen molar-refractivity contribution in [1.82, 2.24) is 4.98 Å². The van der Waals surface area contributed by atoms with Crippen LogP contribution in [0.4, 0.5) is 18.9 Å². The smallest absolute Gasteiger partial charge is 0.433 e. The summed E-state index contributed by atoms with van der Waals surface area (Å²) in [6, 6.07) is 14.3. The highest BCUT2D eigenvalue weighted by Gasteiger charge is 2.33. The maximum atomic E-state index is 13.1. The number of hydrogen-bond donors (Lipinski definition) is 2. The van der Waals surface area contributed by atoms with Crippen molar-refractivity contribution in [3.8, 4) is 11.6 Å². The molecule has 0 aliphatic rings. The number of pyridine rings is 1. The van der Waals surface area contributed by atoms with Crippen LogP contribution in [0.3, 0.4) is 0 Å². The van der Waals surface area contributed by atoms with Crippen molar-refractivity contribution >= 4 is 35.0 Å². The van der Waals surface area contributed by atoms with E-state index in [1.54, 1.807) is 19.1 Å². The van der Waals surface area contributed by atoms with Gasteiger partial charge in [-0.1, -0.05) is 6.07 Å². The number of nitrogens with zero attached hydrogens (tertiary/aromatic N) is 1. The zero-order valence-electron chi connectivity index (χ0n) is 18.2. The molecule has 182 valence electrons. The van der Waals surface area contributed by atoms with E-state index in [0.717, 1.165) is 17.0 Å². The summed E-state index contributed by atoms with van der Waals surface area (Å²) in [5.74, 6) is -0.685. The zero-order chi connectivity index (χ0) is 24.5. The molecular weight excluding hydrogens is 487 g/mol. The van der Waals surface area contributed by atoms with Gasteiger partial charge in [0, 0.05) is 41.4 Å². The van der Waals surface area contributed by atoms with Gasteiger partial charge in [-0.15, -0.1) is 12.4 Å². The molecule has 0 radical (unpaired) electrons. The summed E-state index contributed by atoms with van der Waals surface area (Å²) >= 11 is 0. The van der Waals surface area contributed by atoms with Crippen LogP contribution in [-0.4, -0.2) is 10.9 Å². The molecule has 0 unspecified atom stereocenters. The molecule has 2 heterocycles. The molecule has 0 spiro atoms. The number of hydrogen-bond acceptors (Lipinski definition) is 6. The summed E-state index contributed by atoms with van der Waals surface area (Å²) in [5.41, 5.74) is 5.71. The molecule has 7 nitrogen and oxygen atoms in total. The molecule has 0 fully saturated rings. The van der Waals surface area contributed by atoms with E-state index >= 15 is 0 Å². The highest BCUT2D eigenvalue weighted by Crippen LogP contribution is 2.31. The van der Waals surface area contributed by atoms with Gasteiger partial charge in [0.15, 0.2) is 0 Å². The summed E-state index contributed by atoms with van der Waals surface area (Å²) < 4.78 is 50.0. The molecule has 2 aromatic carbocycles. The Hall–Kier alpha value is -3.89. The molecule has 0 bridgehead atoms. The molecule has 2 aromatic heterocycles. The molecule has 0 saturated carbocycles. The molecule has 0 saturated heterocycles. The van der Waals surface area contributed by atoms with E-state index in [1.807, 2.05) is 0 Å². The monoisotopic (exact) mass is 505 g/mol. The van der Waals surface area contributed by atoms with Gasteiger partial charge in [0.2, 0.25) is 5.88 Å². The lowest BCUT2D eigenvalue weighted by Gasteiger charge is -2.12. The predicted octanol–water partition coefficient (Wildman–Crippen LogP) is 5.44. The van der Waals surface area contributed by atoms with E-state index in [-0.39, 0.29) is 41.7 Å². The summed E-state index contributed by atoms with van der Waals surface area (Å²) in [6.45, 7) is 1.65. The van der Waals surface area contributed by atoms with E-state index in [4.69, 9.17) is 14.9 Å². The van der Waals surface area contributed by atoms with Gasteiger partial charge in [-0.3, -0.25) is 4.79 Å². The zero-order valence-corrected chi connectivity index (χ0v) is 19.0. The lowest BCUT2D eigenvalue weighted by atomic mass is 10.1. The fourth-order valence-corrected chi connectivity index (χ4v) is 3.30. The Morgan fingerprint density at radius 3 is 2.60 bits per heavy atom. The van der Waals surface area contributed by atoms with Gasteiger partial charge in [-0.05, 0) is 54.4 Å². The Kier molecular flexibility index (Phi) is 7.47. The Morgan fingerprint density at radius 2 is 1.89 bits per heavy atom. The second-order valence-corrected chi connectivity index (χ2v) is 7.44. The second kappa shape index (κ2) is 10.2. The number of carbonyl (C=O) groups excluding carboxylic acids is 1. The lowest BCUT2D eigenvalue weighted by Crippen LogP contribution is -2.12. The number of halogens is 4. The van der Waals surface area contributed by atoms with Crippen LogP contribution in [0.25, 0.3) is 11.0 Å². The topological polar surface area (TPSA) is 107 Å². The van der Waals surface area contributed by atoms with Gasteiger partial charge >= 0.3 is 11.8 Å². The van der Waals surface area contributed by atoms with Crippen LogP contribution in [0, 0.1) is 6.92 Å². The molecule has 4 aromatic rings. The summed E-state index contributed by atoms with van der Waals surface area (Å²) in [5, 5.41) is 3.42. The Balaban J connectivity index is 0.00000342. The van der Waals surface area contributed by atoms with Crippen LogP contribution >= 0.6 is 12.4 Å². The summed E-state index contributed by atoms with van der Waals surface area (Å²) in [6.07, 6.45) is -4.66. The number of ether oxygens (including phenoxy) is 1. The Labute approximate surface area is 203 Å². The first kappa shape index (κ1) is 25.7. The van der Waals surface area contributed by atoms with Gasteiger partial charge in [0.1, 0.15) is 17.0 Å². The van der Waals surface area contributed by atoms with E-state index in [2.05, 4.69) is 10.3 Å². The van der Waals surface area contributed by atoms with Crippen molar-refractivity contribution in [2.24, 2.45) is 5.73 Å². The Morgan fingerprint density at radius 1 is 1.11 bits per heavy atom. The molecule has 1 amide bonds. The number of benzene rings is 2. The Bertz CT molecular complexity index is 1450. The predicted molar refractivity (Wildman–Crippen MR) is 126 cm³/mol. The third kappa shape index (κ3) is 5.97. The van der Waals surface area contributed by atoms with Crippen molar-refractivity contribution in [3.05, 3.63) is 93.5 Å². The van der Waals surface area contributed by atoms with Crippen molar-refractivity contribution in [1.29, 1.82) is 0 Å². The number of rotatable bonds is 5. The van der Waals surface area contributed by atoms with E-state index in [1.165, 1.54) is 42.5 Å². The highest BCUT2D eigenvalue weighted by atomic mass is 35.5. The van der Waals surface area contributed by atoms with E-state index in [9.17, 15) is 22.8 Å². The van der Waals surface area contributed by atoms with Gasteiger partial charge in [-0.2, -0.15) is 13.2 Å². The van der Waals surface area contributed by atoms with Gasteiger partial charge in [-0.25, -0.2) is 9.78 Å². The van der Waals surface area contributed by atoms with Crippen molar-refractivity contribution < 1.29 is 27.1 Å². The second-order valence-electron chi connectivity index (χ2n) is 7.44. The van der Waals surface area contributed by atoms with Crippen LogP contribution in [-0.2, 0) is 12.7 Å². The average Bonchev–Trinajstić information content (AvgIpc) is 2.78. The summed E-state index contributed by atoms with van der Waals surface area (Å²) in [4.78, 5) is 27.8. The SMILES string of the molecule is Cc1cc(=O)oc2cc(NC(=O)c3cccc(Oc4cc(CN)cc(C(F)(F)F)n4)c3)ccc12.Cl. The number of alkyl halides is 3. The maximum absolute atomic E-state index is 13.1. The largest absolute Gasteiger partial charge is 0.439 e. The number of aromatic nitrogens is 1. The molecule has 35 heavy (non-hydrogen) atoms. The minimum atomic E-state index is -4.66. The number of fused-ring (bicyclic) bond motifs is 1. The van der Waals surface area contributed by atoms with Crippen molar-refractivity contribution in [2.45, 2.75) is 19.6 Å². The number of nitrogens with one attached hydrogen (secondary N) is 1. The molecule has 0 aliphatic carbocycles. The first-order chi connectivity index (χ1) is 16.1. The molecule has 0 atom stereocenters. The van der Waals surface area contributed by atoms with Gasteiger partial charge in [0.25, 0.3) is 5.91 Å². The van der Waals surface area contributed by atoms with Crippen LogP contribution in [0.15, 0.2) is 69.9 Å². The number of nitrogens with two attached hydrogens (primary N) is 1. The number of aryl methyl sites for hydroxylation is 1. The number of carbonyl (C=O) groups is 1. The van der Waals surface area contributed by atoms with Crippen LogP contribution in [0.1, 0.15) is 27.2 Å². The van der Waals surface area contributed by atoms with Crippen molar-refractivity contribution in [2.75, 3.05) is 5.32 Å². The molecule has 3 N–H and O–H groups in total.